The smallest absolute Gasteiger partial charge is 0.333 e. The standard InChI is InChI=1S/C26H34O8/c1-7-9-19-11-20(10-8-2)24(32-14-22(28)16-34-26(30)18(5)6)12-23(19)31-13-21(27)15-33-25(29)17(3)4/h7-8,11-12,21-22,27-28H,1-3,5,9-10,13-16H2,4,6H3. The fraction of sp³-hybridized carbons (Fsp3) is 0.385. The van der Waals surface area contributed by atoms with E-state index in [2.05, 4.69) is 26.3 Å². The highest BCUT2D eigenvalue weighted by Gasteiger charge is 2.16. The average Bonchev–Trinajstić information content (AvgIpc) is 2.79. The number of allylic oxidation sites excluding steroid dienone is 2. The van der Waals surface area contributed by atoms with Gasteiger partial charge in [0.2, 0.25) is 0 Å². The van der Waals surface area contributed by atoms with Crippen LogP contribution in [-0.2, 0) is 31.9 Å². The molecule has 0 bridgehead atoms. The Balaban J connectivity index is 2.92. The third kappa shape index (κ3) is 10.1. The van der Waals surface area contributed by atoms with Crippen molar-refractivity contribution in [3.05, 3.63) is 72.9 Å². The van der Waals surface area contributed by atoms with Crippen LogP contribution >= 0.6 is 0 Å². The summed E-state index contributed by atoms with van der Waals surface area (Å²) >= 11 is 0. The number of carbonyl (C=O) groups excluding carboxylic acids is 2. The third-order valence-electron chi connectivity index (χ3n) is 4.35. The first-order valence-electron chi connectivity index (χ1n) is 10.7. The second kappa shape index (κ2) is 14.7. The molecule has 186 valence electrons. The summed E-state index contributed by atoms with van der Waals surface area (Å²) in [5.74, 6) is -0.306. The Labute approximate surface area is 200 Å². The van der Waals surface area contributed by atoms with Crippen LogP contribution in [0.3, 0.4) is 0 Å². The van der Waals surface area contributed by atoms with Crippen molar-refractivity contribution < 1.29 is 38.7 Å². The summed E-state index contributed by atoms with van der Waals surface area (Å²) in [6.45, 7) is 16.8. The second-order valence-corrected chi connectivity index (χ2v) is 7.74. The van der Waals surface area contributed by atoms with Crippen molar-refractivity contribution in [3.8, 4) is 11.5 Å². The van der Waals surface area contributed by atoms with Crippen molar-refractivity contribution in [2.45, 2.75) is 38.9 Å². The summed E-state index contributed by atoms with van der Waals surface area (Å²) in [6.07, 6.45) is 2.32. The van der Waals surface area contributed by atoms with E-state index in [-0.39, 0.29) is 37.6 Å². The number of ether oxygens (including phenoxy) is 4. The van der Waals surface area contributed by atoms with E-state index in [1.165, 1.54) is 13.8 Å². The summed E-state index contributed by atoms with van der Waals surface area (Å²) in [5, 5.41) is 20.2. The molecule has 1 aromatic rings. The van der Waals surface area contributed by atoms with Gasteiger partial charge in [0.25, 0.3) is 0 Å². The van der Waals surface area contributed by atoms with E-state index >= 15 is 0 Å². The molecule has 0 aliphatic heterocycles. The van der Waals surface area contributed by atoms with Gasteiger partial charge in [-0.2, -0.15) is 0 Å². The maximum atomic E-state index is 11.5. The molecule has 0 amide bonds. The molecule has 1 rings (SSSR count). The van der Waals surface area contributed by atoms with E-state index in [4.69, 9.17) is 18.9 Å². The summed E-state index contributed by atoms with van der Waals surface area (Å²) < 4.78 is 21.4. The van der Waals surface area contributed by atoms with Crippen LogP contribution in [0.5, 0.6) is 11.5 Å². The molecule has 1 aromatic carbocycles. The monoisotopic (exact) mass is 474 g/mol. The highest BCUT2D eigenvalue weighted by Crippen LogP contribution is 2.31. The Morgan fingerprint density at radius 3 is 1.50 bits per heavy atom. The second-order valence-electron chi connectivity index (χ2n) is 7.74. The van der Waals surface area contributed by atoms with Crippen LogP contribution in [0.2, 0.25) is 0 Å². The molecule has 2 N–H and O–H groups in total. The molecule has 0 aliphatic carbocycles. The molecule has 0 saturated carbocycles. The zero-order chi connectivity index (χ0) is 25.7. The maximum Gasteiger partial charge on any atom is 0.333 e. The highest BCUT2D eigenvalue weighted by atomic mass is 16.6. The Morgan fingerprint density at radius 1 is 0.794 bits per heavy atom. The van der Waals surface area contributed by atoms with E-state index in [1.807, 2.05) is 6.07 Å². The fourth-order valence-corrected chi connectivity index (χ4v) is 2.61. The minimum absolute atomic E-state index is 0.132. The molecular weight excluding hydrogens is 440 g/mol. The van der Waals surface area contributed by atoms with Crippen molar-refractivity contribution in [1.82, 2.24) is 0 Å². The quantitative estimate of drug-likeness (QED) is 0.214. The largest absolute Gasteiger partial charge is 0.490 e. The maximum absolute atomic E-state index is 11.5. The lowest BCUT2D eigenvalue weighted by molar-refractivity contribution is -0.143. The van der Waals surface area contributed by atoms with Crippen LogP contribution < -0.4 is 9.47 Å². The summed E-state index contributed by atoms with van der Waals surface area (Å²) in [4.78, 5) is 23.0. The van der Waals surface area contributed by atoms with Crippen molar-refractivity contribution in [1.29, 1.82) is 0 Å². The minimum atomic E-state index is -1.05. The number of esters is 2. The Morgan fingerprint density at radius 2 is 1.18 bits per heavy atom. The predicted molar refractivity (Wildman–Crippen MR) is 129 cm³/mol. The summed E-state index contributed by atoms with van der Waals surface area (Å²) in [7, 11) is 0. The van der Waals surface area contributed by atoms with E-state index in [9.17, 15) is 19.8 Å². The topological polar surface area (TPSA) is 112 Å². The normalized spacial score (nSPS) is 12.1. The minimum Gasteiger partial charge on any atom is -0.490 e. The highest BCUT2D eigenvalue weighted by molar-refractivity contribution is 5.87. The molecule has 2 atom stereocenters. The Bertz CT molecular complexity index is 833. The molecule has 0 spiro atoms. The SMILES string of the molecule is C=CCc1cc(CC=C)c(OCC(O)COC(=O)C(=C)C)cc1OCC(O)COC(=O)C(=C)C. The first-order valence-corrected chi connectivity index (χ1v) is 10.7. The number of aliphatic hydroxyl groups excluding tert-OH is 2. The lowest BCUT2D eigenvalue weighted by Crippen LogP contribution is -2.26. The van der Waals surface area contributed by atoms with Crippen LogP contribution in [0, 0.1) is 0 Å². The molecule has 0 heterocycles. The van der Waals surface area contributed by atoms with Gasteiger partial charge in [0.15, 0.2) is 0 Å². The molecular formula is C26H34O8. The van der Waals surface area contributed by atoms with Crippen LogP contribution in [-0.4, -0.2) is 60.8 Å². The Kier molecular flexibility index (Phi) is 12.4. The summed E-state index contributed by atoms with van der Waals surface area (Å²) in [6, 6.07) is 3.52. The van der Waals surface area contributed by atoms with E-state index < -0.39 is 24.1 Å². The summed E-state index contributed by atoms with van der Waals surface area (Å²) in [5.41, 5.74) is 2.08. The van der Waals surface area contributed by atoms with Gasteiger partial charge in [-0.25, -0.2) is 9.59 Å². The van der Waals surface area contributed by atoms with Gasteiger partial charge in [-0.15, -0.1) is 13.2 Å². The van der Waals surface area contributed by atoms with Crippen molar-refractivity contribution >= 4 is 11.9 Å². The van der Waals surface area contributed by atoms with Crippen LogP contribution in [0.1, 0.15) is 25.0 Å². The van der Waals surface area contributed by atoms with Crippen molar-refractivity contribution in [2.75, 3.05) is 26.4 Å². The van der Waals surface area contributed by atoms with Gasteiger partial charge in [0.05, 0.1) is 0 Å². The van der Waals surface area contributed by atoms with Gasteiger partial charge in [0.1, 0.15) is 50.1 Å². The van der Waals surface area contributed by atoms with Gasteiger partial charge in [0, 0.05) is 17.2 Å². The lowest BCUT2D eigenvalue weighted by atomic mass is 10.0. The number of aliphatic hydroxyl groups is 2. The zero-order valence-corrected chi connectivity index (χ0v) is 19.9. The third-order valence-corrected chi connectivity index (χ3v) is 4.35. The Hall–Kier alpha value is -3.36. The molecule has 0 radical (unpaired) electrons. The molecule has 0 fully saturated rings. The molecule has 0 aliphatic rings. The van der Waals surface area contributed by atoms with Gasteiger partial charge in [-0.05, 0) is 43.9 Å². The van der Waals surface area contributed by atoms with Gasteiger partial charge in [-0.3, -0.25) is 0 Å². The van der Waals surface area contributed by atoms with Crippen LogP contribution in [0.15, 0.2) is 61.7 Å². The molecule has 8 nitrogen and oxygen atoms in total. The average molecular weight is 475 g/mol. The molecule has 8 heteroatoms. The van der Waals surface area contributed by atoms with Gasteiger partial charge < -0.3 is 29.2 Å². The molecule has 2 unspecified atom stereocenters. The van der Waals surface area contributed by atoms with Gasteiger partial charge >= 0.3 is 11.9 Å². The number of carbonyl (C=O) groups is 2. The molecule has 0 aromatic heterocycles. The number of hydrogen-bond donors (Lipinski definition) is 2. The number of hydrogen-bond acceptors (Lipinski definition) is 8. The molecule has 34 heavy (non-hydrogen) atoms. The van der Waals surface area contributed by atoms with Crippen molar-refractivity contribution in [3.63, 3.8) is 0 Å². The van der Waals surface area contributed by atoms with Crippen LogP contribution in [0.4, 0.5) is 0 Å². The zero-order valence-electron chi connectivity index (χ0n) is 19.9. The van der Waals surface area contributed by atoms with Crippen molar-refractivity contribution in [2.24, 2.45) is 0 Å². The molecule has 0 saturated heterocycles. The number of benzene rings is 1. The fourth-order valence-electron chi connectivity index (χ4n) is 2.61. The first kappa shape index (κ1) is 28.7. The van der Waals surface area contributed by atoms with Crippen LogP contribution in [0.25, 0.3) is 0 Å². The first-order chi connectivity index (χ1) is 16.1. The van der Waals surface area contributed by atoms with E-state index in [0.29, 0.717) is 24.3 Å². The lowest BCUT2D eigenvalue weighted by Gasteiger charge is -2.19. The predicted octanol–water partition coefficient (Wildman–Crippen LogP) is 2.86. The number of rotatable bonds is 16. The van der Waals surface area contributed by atoms with E-state index in [1.54, 1.807) is 18.2 Å². The van der Waals surface area contributed by atoms with Gasteiger partial charge in [-0.1, -0.05) is 25.3 Å². The van der Waals surface area contributed by atoms with E-state index in [0.717, 1.165) is 11.1 Å².